The minimum Gasteiger partial charge on any atom is -0.220 e. The summed E-state index contributed by atoms with van der Waals surface area (Å²) in [5.74, 6) is 0. The molecule has 0 amide bonds. The van der Waals surface area contributed by atoms with Crippen LogP contribution in [0, 0.1) is 13.8 Å². The first kappa shape index (κ1) is 22.1. The van der Waals surface area contributed by atoms with E-state index in [1.807, 2.05) is 0 Å². The van der Waals surface area contributed by atoms with Crippen molar-refractivity contribution in [2.45, 2.75) is 31.9 Å². The molecule has 1 aromatic heterocycles. The maximum absolute atomic E-state index is 14.4. The zero-order valence-electron chi connectivity index (χ0n) is 15.4. The fourth-order valence-corrected chi connectivity index (χ4v) is 3.28. The zero-order valence-corrected chi connectivity index (χ0v) is 16.2. The van der Waals surface area contributed by atoms with Crippen molar-refractivity contribution in [2.75, 3.05) is 0 Å². The van der Waals surface area contributed by atoms with Crippen LogP contribution in [0.1, 0.15) is 16.7 Å². The Morgan fingerprint density at radius 1 is 0.833 bits per heavy atom. The maximum Gasteiger partial charge on any atom is 0.435 e. The minimum atomic E-state index is -6.18. The van der Waals surface area contributed by atoms with Gasteiger partial charge in [0.2, 0.25) is 0 Å². The normalized spacial score (nSPS) is 13.0. The highest BCUT2D eigenvalue weighted by Crippen LogP contribution is 2.53. The molecule has 0 bridgehead atoms. The van der Waals surface area contributed by atoms with E-state index in [-0.39, 0.29) is 22.4 Å². The van der Waals surface area contributed by atoms with Crippen LogP contribution in [-0.2, 0) is 5.67 Å². The third-order valence-corrected chi connectivity index (χ3v) is 4.80. The number of nitrogens with zero attached hydrogens (tertiary/aromatic N) is 3. The Hall–Kier alpha value is -2.62. The lowest BCUT2D eigenvalue weighted by Crippen LogP contribution is -2.50. The molecule has 1 heterocycles. The van der Waals surface area contributed by atoms with Gasteiger partial charge >= 0.3 is 18.0 Å². The van der Waals surface area contributed by atoms with Gasteiger partial charge in [-0.25, -0.2) is 9.07 Å². The molecule has 0 unspecified atom stereocenters. The van der Waals surface area contributed by atoms with Crippen LogP contribution >= 0.6 is 11.6 Å². The molecule has 0 fully saturated rings. The highest BCUT2D eigenvalue weighted by Gasteiger charge is 2.73. The van der Waals surface area contributed by atoms with Crippen molar-refractivity contribution in [1.29, 1.82) is 0 Å². The lowest BCUT2D eigenvalue weighted by molar-refractivity contribution is -0.348. The van der Waals surface area contributed by atoms with Crippen molar-refractivity contribution in [3.05, 3.63) is 64.3 Å². The Kier molecular flexibility index (Phi) is 5.34. The zero-order chi connectivity index (χ0) is 22.5. The van der Waals surface area contributed by atoms with Crippen LogP contribution in [-0.4, -0.2) is 27.3 Å². The fraction of sp³-hybridized carbons (Fsp3) is 0.263. The van der Waals surface area contributed by atoms with Crippen molar-refractivity contribution >= 4 is 11.6 Å². The SMILES string of the molecule is Cc1cc(C(F)(C(F)(F)F)C(F)(F)F)cc(C)c1-c1cn(-c2ccc(Cl)cc2)nn1. The highest BCUT2D eigenvalue weighted by atomic mass is 35.5. The van der Waals surface area contributed by atoms with E-state index in [4.69, 9.17) is 11.6 Å². The molecule has 0 aliphatic heterocycles. The monoisotopic (exact) mass is 451 g/mol. The second kappa shape index (κ2) is 7.26. The van der Waals surface area contributed by atoms with E-state index < -0.39 is 23.6 Å². The molecule has 0 atom stereocenters. The number of hydrogen-bond donors (Lipinski definition) is 0. The van der Waals surface area contributed by atoms with Crippen molar-refractivity contribution < 1.29 is 30.7 Å². The predicted octanol–water partition coefficient (Wildman–Crippen LogP) is 6.49. The Bertz CT molecular complexity index is 1030. The third-order valence-electron chi connectivity index (χ3n) is 4.55. The Balaban J connectivity index is 2.09. The molecule has 160 valence electrons. The van der Waals surface area contributed by atoms with E-state index in [1.54, 1.807) is 24.3 Å². The number of aromatic nitrogens is 3. The van der Waals surface area contributed by atoms with E-state index >= 15 is 0 Å². The van der Waals surface area contributed by atoms with Gasteiger partial charge in [-0.1, -0.05) is 28.9 Å². The molecule has 0 saturated heterocycles. The molecule has 2 aromatic carbocycles. The van der Waals surface area contributed by atoms with Gasteiger partial charge < -0.3 is 0 Å². The molecule has 3 rings (SSSR count). The van der Waals surface area contributed by atoms with Gasteiger partial charge in [0.25, 0.3) is 0 Å². The lowest BCUT2D eigenvalue weighted by atomic mass is 9.88. The summed E-state index contributed by atoms with van der Waals surface area (Å²) in [6.07, 6.45) is -10.9. The van der Waals surface area contributed by atoms with Crippen LogP contribution in [0.25, 0.3) is 16.9 Å². The maximum atomic E-state index is 14.4. The van der Waals surface area contributed by atoms with Gasteiger partial charge in [-0.3, -0.25) is 0 Å². The summed E-state index contributed by atoms with van der Waals surface area (Å²) in [5, 5.41) is 8.34. The average molecular weight is 452 g/mol. The molecular weight excluding hydrogens is 439 g/mol. The topological polar surface area (TPSA) is 30.7 Å². The van der Waals surface area contributed by atoms with Crippen LogP contribution in [0.5, 0.6) is 0 Å². The van der Waals surface area contributed by atoms with Crippen LogP contribution in [0.2, 0.25) is 5.02 Å². The van der Waals surface area contributed by atoms with Gasteiger partial charge in [-0.05, 0) is 49.2 Å². The first-order valence-corrected chi connectivity index (χ1v) is 8.76. The summed E-state index contributed by atoms with van der Waals surface area (Å²) in [4.78, 5) is 0. The van der Waals surface area contributed by atoms with E-state index in [2.05, 4.69) is 10.3 Å². The average Bonchev–Trinajstić information content (AvgIpc) is 3.08. The molecular formula is C19H13ClF7N3. The summed E-state index contributed by atoms with van der Waals surface area (Å²) in [6, 6.07) is 7.58. The number of halogens is 8. The quantitative estimate of drug-likeness (QED) is 0.426. The second-order valence-electron chi connectivity index (χ2n) is 6.66. The third kappa shape index (κ3) is 3.64. The van der Waals surface area contributed by atoms with Gasteiger partial charge in [0, 0.05) is 16.1 Å². The minimum absolute atomic E-state index is 0.0105. The highest BCUT2D eigenvalue weighted by molar-refractivity contribution is 6.30. The molecule has 0 radical (unpaired) electrons. The molecule has 0 N–H and O–H groups in total. The standard InChI is InChI=1S/C19H13ClF7N3/c1-10-7-12(17(21,18(22,23)24)19(25,26)27)8-11(2)16(10)15-9-30(29-28-15)14-5-3-13(20)4-6-14/h3-9H,1-2H3. The fourth-order valence-electron chi connectivity index (χ4n) is 3.15. The number of alkyl halides is 7. The van der Waals surface area contributed by atoms with Gasteiger partial charge in [0.15, 0.2) is 0 Å². The van der Waals surface area contributed by atoms with Gasteiger partial charge in [-0.15, -0.1) is 5.10 Å². The summed E-state index contributed by atoms with van der Waals surface area (Å²) < 4.78 is 94.1. The number of hydrogen-bond acceptors (Lipinski definition) is 2. The van der Waals surface area contributed by atoms with E-state index in [0.717, 1.165) is 0 Å². The molecule has 0 spiro atoms. The van der Waals surface area contributed by atoms with Crippen LogP contribution < -0.4 is 0 Å². The van der Waals surface area contributed by atoms with Crippen LogP contribution in [0.4, 0.5) is 30.7 Å². The predicted molar refractivity (Wildman–Crippen MR) is 96.2 cm³/mol. The first-order chi connectivity index (χ1) is 13.8. The van der Waals surface area contributed by atoms with Crippen LogP contribution in [0.3, 0.4) is 0 Å². The van der Waals surface area contributed by atoms with Crippen molar-refractivity contribution in [3.8, 4) is 16.9 Å². The Morgan fingerprint density at radius 2 is 1.33 bits per heavy atom. The summed E-state index contributed by atoms with van der Waals surface area (Å²) in [6.45, 7) is 2.56. The molecule has 0 aliphatic rings. The molecule has 30 heavy (non-hydrogen) atoms. The second-order valence-corrected chi connectivity index (χ2v) is 7.10. The summed E-state index contributed by atoms with van der Waals surface area (Å²) in [7, 11) is 0. The molecule has 3 aromatic rings. The van der Waals surface area contributed by atoms with E-state index in [1.165, 1.54) is 24.7 Å². The van der Waals surface area contributed by atoms with Gasteiger partial charge in [0.05, 0.1) is 11.9 Å². The van der Waals surface area contributed by atoms with E-state index in [0.29, 0.717) is 22.8 Å². The van der Waals surface area contributed by atoms with Crippen LogP contribution in [0.15, 0.2) is 42.6 Å². The molecule has 0 aliphatic carbocycles. The van der Waals surface area contributed by atoms with E-state index in [9.17, 15) is 30.7 Å². The van der Waals surface area contributed by atoms with Gasteiger partial charge in [0.1, 0.15) is 5.69 Å². The lowest BCUT2D eigenvalue weighted by Gasteiger charge is -2.31. The Morgan fingerprint density at radius 3 is 1.80 bits per heavy atom. The number of rotatable bonds is 3. The summed E-state index contributed by atoms with van der Waals surface area (Å²) >= 11 is 5.82. The number of aryl methyl sites for hydroxylation is 2. The molecule has 0 saturated carbocycles. The Labute approximate surface area is 171 Å². The van der Waals surface area contributed by atoms with Crippen molar-refractivity contribution in [2.24, 2.45) is 0 Å². The molecule has 3 nitrogen and oxygen atoms in total. The van der Waals surface area contributed by atoms with Gasteiger partial charge in [-0.2, -0.15) is 26.3 Å². The first-order valence-electron chi connectivity index (χ1n) is 8.38. The number of benzene rings is 2. The smallest absolute Gasteiger partial charge is 0.220 e. The largest absolute Gasteiger partial charge is 0.435 e. The summed E-state index contributed by atoms with van der Waals surface area (Å²) in [5.41, 5.74) is -6.00. The molecule has 11 heteroatoms. The van der Waals surface area contributed by atoms with Crippen molar-refractivity contribution in [1.82, 2.24) is 15.0 Å². The van der Waals surface area contributed by atoms with Crippen molar-refractivity contribution in [3.63, 3.8) is 0 Å².